The van der Waals surface area contributed by atoms with E-state index in [-0.39, 0.29) is 5.41 Å². The molecule has 8 aromatic carbocycles. The van der Waals surface area contributed by atoms with Crippen LogP contribution in [0.2, 0.25) is 0 Å². The summed E-state index contributed by atoms with van der Waals surface area (Å²) in [6, 6.07) is 65.3. The Hall–Kier alpha value is -8.33. The number of fused-ring (bicyclic) bond motifs is 9. The van der Waals surface area contributed by atoms with Gasteiger partial charge in [-0.2, -0.15) is 9.97 Å². The minimum absolute atomic E-state index is 0.242. The molecule has 0 fully saturated rings. The van der Waals surface area contributed by atoms with E-state index in [0.29, 0.717) is 38.5 Å². The van der Waals surface area contributed by atoms with Gasteiger partial charge in [-0.05, 0) is 105 Å². The van der Waals surface area contributed by atoms with Crippen molar-refractivity contribution in [3.8, 4) is 84.5 Å². The van der Waals surface area contributed by atoms with E-state index >= 15 is 0 Å². The molecule has 8 heteroatoms. The van der Waals surface area contributed by atoms with Crippen LogP contribution in [0.5, 0.6) is 0 Å². The molecule has 1 aliphatic carbocycles. The van der Waals surface area contributed by atoms with Crippen LogP contribution in [0.4, 0.5) is 0 Å². The average Bonchev–Trinajstić information content (AvgIpc) is 3.91. The van der Waals surface area contributed by atoms with Crippen LogP contribution < -0.4 is 0 Å². The van der Waals surface area contributed by atoms with Crippen LogP contribution in [0.15, 0.2) is 210 Å². The Kier molecular flexibility index (Phi) is 8.51. The molecule has 13 rings (SSSR count). The molecule has 0 spiro atoms. The maximum atomic E-state index is 14.4. The first-order chi connectivity index (χ1) is 32.7. The molecule has 0 radical (unpaired) electrons. The SMILES string of the molecule is CC1(C)c2ccccc2-c2cc3c4cc(-c5ccc6c(c5)S(=O)(=O)c5ccc(-c7cccc(-c8ccccn8)c7)cc5-6)ccc4n(-c4nc(-c5ccccc5)nc(-c5ccccc5)n4)c3cc21. The van der Waals surface area contributed by atoms with Crippen molar-refractivity contribution in [3.05, 3.63) is 211 Å². The molecule has 11 aromatic rings. The molecule has 0 atom stereocenters. The normalized spacial score (nSPS) is 13.9. The van der Waals surface area contributed by atoms with Crippen LogP contribution in [-0.4, -0.2) is 32.9 Å². The Labute approximate surface area is 387 Å². The lowest BCUT2D eigenvalue weighted by Gasteiger charge is -2.21. The van der Waals surface area contributed by atoms with Crippen molar-refractivity contribution >= 4 is 31.6 Å². The summed E-state index contributed by atoms with van der Waals surface area (Å²) in [5.74, 6) is 1.67. The van der Waals surface area contributed by atoms with Gasteiger partial charge in [0.15, 0.2) is 11.6 Å². The second-order valence-electron chi connectivity index (χ2n) is 17.9. The van der Waals surface area contributed by atoms with Crippen molar-refractivity contribution in [2.45, 2.75) is 29.1 Å². The summed E-state index contributed by atoms with van der Waals surface area (Å²) in [6.07, 6.45) is 1.79. The van der Waals surface area contributed by atoms with E-state index in [4.69, 9.17) is 15.0 Å². The van der Waals surface area contributed by atoms with Crippen LogP contribution in [-0.2, 0) is 15.3 Å². The smallest absolute Gasteiger partial charge is 0.238 e. The molecule has 0 saturated carbocycles. The first-order valence-corrected chi connectivity index (χ1v) is 23.8. The van der Waals surface area contributed by atoms with Crippen molar-refractivity contribution in [2.75, 3.05) is 0 Å². The van der Waals surface area contributed by atoms with Crippen molar-refractivity contribution in [3.63, 3.8) is 0 Å². The maximum absolute atomic E-state index is 14.4. The average molecular weight is 882 g/mol. The molecular weight excluding hydrogens is 843 g/mol. The standard InChI is InChI=1S/C59H39N5O2S/c1-59(2)49-21-10-9-20-43(49)45-34-47-46-31-39(24-27-52(46)64(53(47)35-50(45)59)58-62-56(36-14-5-3-6-15-36)61-57(63-58)37-16-7-4-8-17-37)41-23-26-44-48-32-40(25-28-54(48)67(65,66)55(44)33-41)38-18-13-19-42(30-38)51-22-11-12-29-60-51/h3-35H,1-2H3. The van der Waals surface area contributed by atoms with Gasteiger partial charge in [0.25, 0.3) is 0 Å². The van der Waals surface area contributed by atoms with E-state index in [9.17, 15) is 8.42 Å². The number of aromatic nitrogens is 5. The van der Waals surface area contributed by atoms with Gasteiger partial charge < -0.3 is 0 Å². The molecule has 7 nitrogen and oxygen atoms in total. The van der Waals surface area contributed by atoms with E-state index in [1.165, 1.54) is 22.3 Å². The zero-order valence-electron chi connectivity index (χ0n) is 36.5. The van der Waals surface area contributed by atoms with Crippen LogP contribution in [0, 0.1) is 0 Å². The van der Waals surface area contributed by atoms with Gasteiger partial charge in [-0.25, -0.2) is 13.4 Å². The molecule has 318 valence electrons. The molecule has 4 heterocycles. The molecule has 0 amide bonds. The largest absolute Gasteiger partial charge is 0.278 e. The summed E-state index contributed by atoms with van der Waals surface area (Å²) in [5.41, 5.74) is 15.3. The third kappa shape index (κ3) is 6.06. The van der Waals surface area contributed by atoms with E-state index in [1.54, 1.807) is 12.3 Å². The fourth-order valence-corrected chi connectivity index (χ4v) is 12.0. The molecule has 0 saturated heterocycles. The highest BCUT2D eigenvalue weighted by Gasteiger charge is 2.37. The number of hydrogen-bond acceptors (Lipinski definition) is 6. The van der Waals surface area contributed by atoms with Gasteiger partial charge in [0.1, 0.15) is 0 Å². The second kappa shape index (κ2) is 14.6. The number of nitrogens with zero attached hydrogens (tertiary/aromatic N) is 5. The summed E-state index contributed by atoms with van der Waals surface area (Å²) in [6.45, 7) is 4.58. The van der Waals surface area contributed by atoms with Crippen molar-refractivity contribution in [2.24, 2.45) is 0 Å². The van der Waals surface area contributed by atoms with Gasteiger partial charge in [0.05, 0.1) is 26.5 Å². The van der Waals surface area contributed by atoms with Crippen molar-refractivity contribution in [1.29, 1.82) is 0 Å². The van der Waals surface area contributed by atoms with E-state index in [1.807, 2.05) is 127 Å². The van der Waals surface area contributed by atoms with Gasteiger partial charge >= 0.3 is 0 Å². The van der Waals surface area contributed by atoms with Crippen LogP contribution in [0.25, 0.3) is 106 Å². The first kappa shape index (κ1) is 39.1. The number of sulfone groups is 1. The van der Waals surface area contributed by atoms with Crippen LogP contribution >= 0.6 is 0 Å². The summed E-state index contributed by atoms with van der Waals surface area (Å²) >= 11 is 0. The maximum Gasteiger partial charge on any atom is 0.238 e. The lowest BCUT2D eigenvalue weighted by molar-refractivity contribution is 0.598. The number of rotatable bonds is 6. The second-order valence-corrected chi connectivity index (χ2v) is 19.8. The Morgan fingerprint density at radius 1 is 0.418 bits per heavy atom. The zero-order valence-corrected chi connectivity index (χ0v) is 37.3. The first-order valence-electron chi connectivity index (χ1n) is 22.4. The van der Waals surface area contributed by atoms with Crippen LogP contribution in [0.3, 0.4) is 0 Å². The topological polar surface area (TPSA) is 90.6 Å². The summed E-state index contributed by atoms with van der Waals surface area (Å²) in [7, 11) is -3.79. The number of hydrogen-bond donors (Lipinski definition) is 0. The van der Waals surface area contributed by atoms with Gasteiger partial charge in [-0.15, -0.1) is 0 Å². The zero-order chi connectivity index (χ0) is 45.0. The lowest BCUT2D eigenvalue weighted by Crippen LogP contribution is -2.15. The molecule has 67 heavy (non-hydrogen) atoms. The molecule has 3 aromatic heterocycles. The Bertz CT molecular complexity index is 3900. The van der Waals surface area contributed by atoms with E-state index < -0.39 is 9.84 Å². The van der Waals surface area contributed by atoms with Gasteiger partial charge in [-0.3, -0.25) is 9.55 Å². The minimum Gasteiger partial charge on any atom is -0.278 e. The lowest BCUT2D eigenvalue weighted by atomic mass is 9.82. The highest BCUT2D eigenvalue weighted by molar-refractivity contribution is 7.92. The molecule has 0 bridgehead atoms. The van der Waals surface area contributed by atoms with E-state index in [0.717, 1.165) is 66.4 Å². The molecule has 0 unspecified atom stereocenters. The number of benzene rings is 8. The van der Waals surface area contributed by atoms with Crippen LogP contribution in [0.1, 0.15) is 25.0 Å². The summed E-state index contributed by atoms with van der Waals surface area (Å²) < 4.78 is 30.9. The fraction of sp³-hybridized carbons (Fsp3) is 0.0508. The van der Waals surface area contributed by atoms with Gasteiger partial charge in [0.2, 0.25) is 15.8 Å². The molecule has 0 N–H and O–H groups in total. The monoisotopic (exact) mass is 881 g/mol. The number of pyridine rings is 1. The molecular formula is C59H39N5O2S. The quantitative estimate of drug-likeness (QED) is 0.165. The Morgan fingerprint density at radius 2 is 1.04 bits per heavy atom. The van der Waals surface area contributed by atoms with Crippen molar-refractivity contribution in [1.82, 2.24) is 24.5 Å². The third-order valence-electron chi connectivity index (χ3n) is 13.7. The van der Waals surface area contributed by atoms with E-state index in [2.05, 4.69) is 84.1 Å². The van der Waals surface area contributed by atoms with Gasteiger partial charge in [0, 0.05) is 50.2 Å². The predicted molar refractivity (Wildman–Crippen MR) is 268 cm³/mol. The highest BCUT2D eigenvalue weighted by atomic mass is 32.2. The molecule has 1 aliphatic heterocycles. The highest BCUT2D eigenvalue weighted by Crippen LogP contribution is 2.52. The summed E-state index contributed by atoms with van der Waals surface area (Å²) in [4.78, 5) is 20.6. The predicted octanol–water partition coefficient (Wildman–Crippen LogP) is 13.8. The molecule has 2 aliphatic rings. The van der Waals surface area contributed by atoms with Crippen molar-refractivity contribution < 1.29 is 8.42 Å². The Balaban J connectivity index is 0.984. The van der Waals surface area contributed by atoms with Gasteiger partial charge in [-0.1, -0.05) is 147 Å². The summed E-state index contributed by atoms with van der Waals surface area (Å²) in [5, 5.41) is 2.05. The minimum atomic E-state index is -3.79. The third-order valence-corrected chi connectivity index (χ3v) is 15.5. The fourth-order valence-electron chi connectivity index (χ4n) is 10.3. The Morgan fingerprint density at radius 3 is 1.81 bits per heavy atom.